The van der Waals surface area contributed by atoms with Crippen LogP contribution in [0.5, 0.6) is 0 Å². The second-order valence-corrected chi connectivity index (χ2v) is 20.2. The van der Waals surface area contributed by atoms with E-state index in [1.165, 1.54) is 10.8 Å². The first-order chi connectivity index (χ1) is 16.8. The third-order valence-electron chi connectivity index (χ3n) is 7.73. The summed E-state index contributed by atoms with van der Waals surface area (Å²) in [5, 5.41) is 4.00. The van der Waals surface area contributed by atoms with Crippen molar-refractivity contribution in [2.75, 3.05) is 6.61 Å². The van der Waals surface area contributed by atoms with Crippen molar-refractivity contribution >= 4 is 23.0 Å². The average Bonchev–Trinajstić information content (AvgIpc) is 2.93. The van der Waals surface area contributed by atoms with E-state index >= 15 is 0 Å². The van der Waals surface area contributed by atoms with E-state index in [2.05, 4.69) is 71.4 Å². The molecule has 4 atom stereocenters. The average molecular weight is 538 g/mol. The summed E-state index contributed by atoms with van der Waals surface area (Å²) in [4.78, 5) is 33.1. The number of aromatic amines is 1. The van der Waals surface area contributed by atoms with Gasteiger partial charge >= 0.3 is 22.8 Å². The van der Waals surface area contributed by atoms with E-state index in [0.717, 1.165) is 0 Å². The first-order valence-electron chi connectivity index (χ1n) is 12.8. The maximum absolute atomic E-state index is 12.9. The standard InChI is InChI=1S/C24H39N3O7Si2/c1-14(2)35(15(3)4)30-13-24-10-11-25-32-19(20(24)33-36(34-35,16(5)6)17(7)8)22(31-24)27-12-18(9)21(28)26-23(27)29/h10,12,14-17,19-20,22H,13H2,1-9H3,(H,26,28,29)/t19?,20?,22-,24-/m1/s1. The molecule has 0 amide bonds. The lowest BCUT2D eigenvalue weighted by Gasteiger charge is -2.52. The first-order valence-corrected chi connectivity index (χ1v) is 16.7. The lowest BCUT2D eigenvalue weighted by Crippen LogP contribution is -2.68. The third kappa shape index (κ3) is 4.12. The van der Waals surface area contributed by atoms with Crippen LogP contribution in [-0.4, -0.2) is 57.0 Å². The molecule has 0 radical (unpaired) electrons. The first kappa shape index (κ1) is 27.2. The topological polar surface area (TPSA) is 113 Å². The lowest BCUT2D eigenvalue weighted by atomic mass is 9.96. The fourth-order valence-corrected chi connectivity index (χ4v) is 16.9. The van der Waals surface area contributed by atoms with Crippen LogP contribution < -0.4 is 11.2 Å². The number of hydrogen-bond acceptors (Lipinski definition) is 8. The highest BCUT2D eigenvalue weighted by atomic mass is 28.5. The van der Waals surface area contributed by atoms with Gasteiger partial charge in [0.1, 0.15) is 11.7 Å². The summed E-state index contributed by atoms with van der Waals surface area (Å²) < 4.78 is 29.3. The minimum Gasteiger partial charge on any atom is -0.414 e. The molecule has 2 saturated heterocycles. The highest BCUT2D eigenvalue weighted by Crippen LogP contribution is 2.52. The van der Waals surface area contributed by atoms with Crippen molar-refractivity contribution in [2.24, 2.45) is 5.16 Å². The van der Waals surface area contributed by atoms with Crippen LogP contribution >= 0.6 is 0 Å². The van der Waals surface area contributed by atoms with Crippen molar-refractivity contribution in [1.82, 2.24) is 9.55 Å². The van der Waals surface area contributed by atoms with E-state index in [4.69, 9.17) is 22.5 Å². The molecule has 0 aliphatic carbocycles. The van der Waals surface area contributed by atoms with Gasteiger partial charge in [0, 0.05) is 23.7 Å². The van der Waals surface area contributed by atoms with Gasteiger partial charge in [0.25, 0.3) is 5.56 Å². The van der Waals surface area contributed by atoms with Crippen LogP contribution in [0, 0.1) is 6.92 Å². The number of nitrogens with zero attached hydrogens (tertiary/aromatic N) is 2. The Bertz CT molecular complexity index is 1150. The Hall–Kier alpha value is -1.80. The van der Waals surface area contributed by atoms with Gasteiger partial charge in [-0.2, -0.15) is 0 Å². The number of rotatable bonds is 5. The molecule has 12 heteroatoms. The Morgan fingerprint density at radius 3 is 2.25 bits per heavy atom. The molecule has 10 nitrogen and oxygen atoms in total. The largest absolute Gasteiger partial charge is 0.414 e. The number of aryl methyl sites for hydroxylation is 1. The van der Waals surface area contributed by atoms with Crippen LogP contribution in [0.1, 0.15) is 67.2 Å². The second-order valence-electron chi connectivity index (χ2n) is 11.4. The Labute approximate surface area is 214 Å². The van der Waals surface area contributed by atoms with Gasteiger partial charge in [-0.3, -0.25) is 14.3 Å². The highest BCUT2D eigenvalue weighted by Gasteiger charge is 2.67. The molecule has 1 aromatic rings. The van der Waals surface area contributed by atoms with Crippen molar-refractivity contribution in [3.63, 3.8) is 0 Å². The molecule has 0 spiro atoms. The van der Waals surface area contributed by atoms with E-state index < -0.39 is 52.4 Å². The zero-order valence-electron chi connectivity index (χ0n) is 22.7. The summed E-state index contributed by atoms with van der Waals surface area (Å²) in [5.74, 6) is 2.83. The van der Waals surface area contributed by atoms with E-state index in [1.54, 1.807) is 13.0 Å². The monoisotopic (exact) mass is 537 g/mol. The van der Waals surface area contributed by atoms with Crippen molar-refractivity contribution in [1.29, 1.82) is 0 Å². The molecular weight excluding hydrogens is 498 g/mol. The van der Waals surface area contributed by atoms with Gasteiger partial charge in [0.2, 0.25) is 6.10 Å². The van der Waals surface area contributed by atoms with Crippen molar-refractivity contribution in [2.45, 2.75) is 109 Å². The van der Waals surface area contributed by atoms with Gasteiger partial charge in [-0.25, -0.2) is 4.79 Å². The van der Waals surface area contributed by atoms with Gasteiger partial charge in [0.05, 0.1) is 6.61 Å². The molecule has 1 aromatic heterocycles. The highest BCUT2D eigenvalue weighted by molar-refractivity contribution is 6.84. The molecule has 4 heterocycles. The molecule has 36 heavy (non-hydrogen) atoms. The van der Waals surface area contributed by atoms with Gasteiger partial charge in [-0.1, -0.05) is 55.4 Å². The Kier molecular flexibility index (Phi) is 7.19. The zero-order chi connectivity index (χ0) is 26.6. The quantitative estimate of drug-likeness (QED) is 0.571. The van der Waals surface area contributed by atoms with Crippen LogP contribution in [0.25, 0.3) is 0 Å². The summed E-state index contributed by atoms with van der Waals surface area (Å²) in [6, 6.07) is 0. The Morgan fingerprint density at radius 2 is 1.67 bits per heavy atom. The number of ether oxygens (including phenoxy) is 1. The van der Waals surface area contributed by atoms with Crippen molar-refractivity contribution in [3.8, 4) is 0 Å². The van der Waals surface area contributed by atoms with E-state index in [-0.39, 0.29) is 28.8 Å². The third-order valence-corrected chi connectivity index (χ3v) is 17.9. The van der Waals surface area contributed by atoms with Gasteiger partial charge in [-0.05, 0) is 34.2 Å². The van der Waals surface area contributed by atoms with Crippen LogP contribution in [0.2, 0.25) is 22.2 Å². The number of H-pyrrole nitrogens is 1. The lowest BCUT2D eigenvalue weighted by molar-refractivity contribution is -0.108. The van der Waals surface area contributed by atoms with Crippen LogP contribution in [0.15, 0.2) is 27.0 Å². The molecule has 3 aliphatic rings. The predicted molar refractivity (Wildman–Crippen MR) is 140 cm³/mol. The summed E-state index contributed by atoms with van der Waals surface area (Å²) >= 11 is 0. The van der Waals surface area contributed by atoms with Crippen molar-refractivity contribution < 1.29 is 22.5 Å². The van der Waals surface area contributed by atoms with Crippen LogP contribution in [0.3, 0.4) is 0 Å². The maximum Gasteiger partial charge on any atom is 0.335 e. The molecule has 0 aromatic carbocycles. The minimum absolute atomic E-state index is 0.102. The van der Waals surface area contributed by atoms with Crippen LogP contribution in [0.4, 0.5) is 0 Å². The molecule has 4 rings (SSSR count). The Morgan fingerprint density at radius 1 is 1.06 bits per heavy atom. The fourth-order valence-electron chi connectivity index (χ4n) is 5.69. The molecule has 2 fully saturated rings. The summed E-state index contributed by atoms with van der Waals surface area (Å²) in [5.41, 5.74) is -1.23. The van der Waals surface area contributed by atoms with Gasteiger partial charge in [0.15, 0.2) is 6.23 Å². The smallest absolute Gasteiger partial charge is 0.335 e. The maximum atomic E-state index is 12.9. The van der Waals surface area contributed by atoms with Gasteiger partial charge < -0.3 is 22.5 Å². The van der Waals surface area contributed by atoms with E-state index in [0.29, 0.717) is 5.56 Å². The number of aromatic nitrogens is 2. The molecule has 0 saturated carbocycles. The minimum atomic E-state index is -2.98. The summed E-state index contributed by atoms with van der Waals surface area (Å²) in [7, 11) is -5.81. The number of nitrogens with one attached hydrogen (secondary N) is 1. The van der Waals surface area contributed by atoms with E-state index in [1.807, 2.05) is 0 Å². The molecule has 3 aliphatic heterocycles. The number of hydrogen-bond donors (Lipinski definition) is 1. The SMILES string of the molecule is Cc1cn([C@@H]2O[C@@]34C=C=NOC2C3O[Si](C(C)C)(C(C)C)O[Si](C(C)C)(C(C)C)OC4)c(=O)[nH]c1=O. The molecule has 2 bridgehead atoms. The second kappa shape index (κ2) is 9.50. The molecular formula is C24H39N3O7Si2. The zero-order valence-corrected chi connectivity index (χ0v) is 24.7. The normalized spacial score (nSPS) is 30.9. The van der Waals surface area contributed by atoms with Gasteiger partial charge in [-0.15, -0.1) is 0 Å². The molecule has 2 unspecified atom stereocenters. The van der Waals surface area contributed by atoms with E-state index in [9.17, 15) is 9.59 Å². The predicted octanol–water partition coefficient (Wildman–Crippen LogP) is 3.61. The summed E-state index contributed by atoms with van der Waals surface area (Å²) in [6.07, 6.45) is 0.832. The fraction of sp³-hybridized carbons (Fsp3) is 0.750. The van der Waals surface area contributed by atoms with Crippen molar-refractivity contribution in [3.05, 3.63) is 38.7 Å². The molecule has 1 N–H and O–H groups in total. The van der Waals surface area contributed by atoms with Crippen LogP contribution in [-0.2, 0) is 22.5 Å². The summed E-state index contributed by atoms with van der Waals surface area (Å²) in [6.45, 7) is 19.0. The Balaban J connectivity index is 1.92. The molecule has 200 valence electrons.